The van der Waals surface area contributed by atoms with E-state index in [2.05, 4.69) is 67.9 Å². The van der Waals surface area contributed by atoms with E-state index in [-0.39, 0.29) is 5.91 Å². The van der Waals surface area contributed by atoms with Gasteiger partial charge in [0.05, 0.1) is 5.56 Å². The molecule has 0 aliphatic rings. The van der Waals surface area contributed by atoms with Crippen molar-refractivity contribution in [3.05, 3.63) is 43.6 Å². The zero-order valence-electron chi connectivity index (χ0n) is 10.5. The highest BCUT2D eigenvalue weighted by molar-refractivity contribution is 14.1. The number of benzene rings is 1. The third kappa shape index (κ3) is 3.56. The monoisotopic (exact) mass is 433 g/mol. The van der Waals surface area contributed by atoms with Crippen LogP contribution in [0.3, 0.4) is 0 Å². The van der Waals surface area contributed by atoms with Crippen molar-refractivity contribution in [2.45, 2.75) is 19.8 Å². The molecule has 0 atom stereocenters. The lowest BCUT2D eigenvalue weighted by atomic mass is 10.1. The van der Waals surface area contributed by atoms with Crippen LogP contribution in [0.1, 0.15) is 35.8 Å². The standard InChI is InChI=1S/C13H13BrIN3O/c1-7(2)11-6-12(18-17-11)16-13(19)9-5-8(14)3-4-10(9)15/h3-7H,1-2H3,(H2,16,17,18,19). The maximum absolute atomic E-state index is 12.2. The number of carbonyl (C=O) groups excluding carboxylic acids is 1. The Morgan fingerprint density at radius 2 is 2.16 bits per heavy atom. The summed E-state index contributed by atoms with van der Waals surface area (Å²) in [5.74, 6) is 0.737. The number of nitrogens with zero attached hydrogens (tertiary/aromatic N) is 1. The lowest BCUT2D eigenvalue weighted by Crippen LogP contribution is -2.13. The fourth-order valence-corrected chi connectivity index (χ4v) is 2.49. The Labute approximate surface area is 133 Å². The van der Waals surface area contributed by atoms with Crippen LogP contribution in [0.5, 0.6) is 0 Å². The number of anilines is 1. The molecule has 2 N–H and O–H groups in total. The van der Waals surface area contributed by atoms with Crippen LogP contribution in [0.2, 0.25) is 0 Å². The van der Waals surface area contributed by atoms with E-state index in [1.54, 1.807) is 6.07 Å². The summed E-state index contributed by atoms with van der Waals surface area (Å²) >= 11 is 5.51. The van der Waals surface area contributed by atoms with Crippen LogP contribution >= 0.6 is 38.5 Å². The van der Waals surface area contributed by atoms with Crippen LogP contribution in [0, 0.1) is 3.57 Å². The second-order valence-electron chi connectivity index (χ2n) is 4.44. The number of amides is 1. The van der Waals surface area contributed by atoms with Gasteiger partial charge in [-0.25, -0.2) is 0 Å². The minimum absolute atomic E-state index is 0.160. The molecule has 19 heavy (non-hydrogen) atoms. The minimum Gasteiger partial charge on any atom is -0.305 e. The molecule has 1 aromatic carbocycles. The lowest BCUT2D eigenvalue weighted by molar-refractivity contribution is 0.102. The van der Waals surface area contributed by atoms with Crippen molar-refractivity contribution in [3.8, 4) is 0 Å². The van der Waals surface area contributed by atoms with Crippen molar-refractivity contribution < 1.29 is 4.79 Å². The molecule has 0 spiro atoms. The molecule has 1 amide bonds. The molecule has 2 rings (SSSR count). The van der Waals surface area contributed by atoms with Crippen LogP contribution in [0.15, 0.2) is 28.7 Å². The predicted octanol–water partition coefficient (Wildman–Crippen LogP) is 4.15. The van der Waals surface area contributed by atoms with Gasteiger partial charge in [-0.3, -0.25) is 9.89 Å². The number of nitrogens with one attached hydrogen (secondary N) is 2. The average molecular weight is 434 g/mol. The molecule has 100 valence electrons. The summed E-state index contributed by atoms with van der Waals surface area (Å²) in [6.07, 6.45) is 0. The molecule has 0 fully saturated rings. The maximum Gasteiger partial charge on any atom is 0.257 e. The smallest absolute Gasteiger partial charge is 0.257 e. The van der Waals surface area contributed by atoms with Gasteiger partial charge in [0.15, 0.2) is 5.82 Å². The van der Waals surface area contributed by atoms with Gasteiger partial charge in [-0.2, -0.15) is 5.10 Å². The molecule has 0 radical (unpaired) electrons. The number of aromatic amines is 1. The first-order chi connectivity index (χ1) is 8.97. The van der Waals surface area contributed by atoms with Gasteiger partial charge < -0.3 is 5.32 Å². The molecule has 0 aliphatic carbocycles. The first kappa shape index (κ1) is 14.5. The van der Waals surface area contributed by atoms with Crippen LogP contribution in [0.25, 0.3) is 0 Å². The highest BCUT2D eigenvalue weighted by Crippen LogP contribution is 2.20. The van der Waals surface area contributed by atoms with Crippen molar-refractivity contribution in [2.24, 2.45) is 0 Å². The molecule has 1 heterocycles. The Kier molecular flexibility index (Phi) is 4.62. The Balaban J connectivity index is 2.18. The average Bonchev–Trinajstić information content (AvgIpc) is 2.80. The molecular weight excluding hydrogens is 421 g/mol. The van der Waals surface area contributed by atoms with Gasteiger partial charge >= 0.3 is 0 Å². The van der Waals surface area contributed by atoms with Gasteiger partial charge in [-0.15, -0.1) is 0 Å². The molecule has 0 saturated carbocycles. The molecule has 4 nitrogen and oxygen atoms in total. The molecule has 2 aromatic rings. The Hall–Kier alpha value is -0.890. The zero-order valence-corrected chi connectivity index (χ0v) is 14.2. The molecule has 1 aromatic heterocycles. The number of aromatic nitrogens is 2. The largest absolute Gasteiger partial charge is 0.305 e. The van der Waals surface area contributed by atoms with Crippen molar-refractivity contribution in [1.29, 1.82) is 0 Å². The first-order valence-electron chi connectivity index (χ1n) is 5.79. The summed E-state index contributed by atoms with van der Waals surface area (Å²) in [7, 11) is 0. The summed E-state index contributed by atoms with van der Waals surface area (Å²) in [6.45, 7) is 4.13. The van der Waals surface area contributed by atoms with Crippen molar-refractivity contribution in [2.75, 3.05) is 5.32 Å². The maximum atomic E-state index is 12.2. The van der Waals surface area contributed by atoms with Gasteiger partial charge in [-0.05, 0) is 46.7 Å². The topological polar surface area (TPSA) is 57.8 Å². The van der Waals surface area contributed by atoms with E-state index in [0.29, 0.717) is 17.3 Å². The Morgan fingerprint density at radius 1 is 1.42 bits per heavy atom. The molecule has 0 aliphatic heterocycles. The molecule has 0 saturated heterocycles. The number of hydrogen-bond donors (Lipinski definition) is 2. The number of hydrogen-bond acceptors (Lipinski definition) is 2. The van der Waals surface area contributed by atoms with Crippen molar-refractivity contribution in [1.82, 2.24) is 10.2 Å². The fraction of sp³-hybridized carbons (Fsp3) is 0.231. The van der Waals surface area contributed by atoms with E-state index in [1.807, 2.05) is 18.2 Å². The van der Waals surface area contributed by atoms with Gasteiger partial charge in [0.1, 0.15) is 0 Å². The lowest BCUT2D eigenvalue weighted by Gasteiger charge is -2.05. The third-order valence-electron chi connectivity index (χ3n) is 2.63. The second-order valence-corrected chi connectivity index (χ2v) is 6.52. The van der Waals surface area contributed by atoms with Gasteiger partial charge in [-0.1, -0.05) is 29.8 Å². The van der Waals surface area contributed by atoms with Crippen LogP contribution in [-0.4, -0.2) is 16.1 Å². The highest BCUT2D eigenvalue weighted by atomic mass is 127. The van der Waals surface area contributed by atoms with Gasteiger partial charge in [0, 0.05) is 19.8 Å². The second kappa shape index (κ2) is 6.04. The molecule has 6 heteroatoms. The van der Waals surface area contributed by atoms with E-state index in [1.165, 1.54) is 0 Å². The van der Waals surface area contributed by atoms with E-state index in [9.17, 15) is 4.79 Å². The van der Waals surface area contributed by atoms with Crippen LogP contribution < -0.4 is 5.32 Å². The molecule has 0 bridgehead atoms. The zero-order chi connectivity index (χ0) is 14.0. The van der Waals surface area contributed by atoms with E-state index < -0.39 is 0 Å². The van der Waals surface area contributed by atoms with Gasteiger partial charge in [0.25, 0.3) is 5.91 Å². The molecule has 0 unspecified atom stereocenters. The predicted molar refractivity (Wildman–Crippen MR) is 87.5 cm³/mol. The number of rotatable bonds is 3. The quantitative estimate of drug-likeness (QED) is 0.714. The number of carbonyl (C=O) groups is 1. The summed E-state index contributed by atoms with van der Waals surface area (Å²) < 4.78 is 1.78. The third-order valence-corrected chi connectivity index (χ3v) is 4.07. The minimum atomic E-state index is -0.160. The summed E-state index contributed by atoms with van der Waals surface area (Å²) in [4.78, 5) is 12.2. The van der Waals surface area contributed by atoms with E-state index in [4.69, 9.17) is 0 Å². The fourth-order valence-electron chi connectivity index (χ4n) is 1.55. The van der Waals surface area contributed by atoms with E-state index >= 15 is 0 Å². The number of halogens is 2. The normalized spacial score (nSPS) is 10.8. The number of H-pyrrole nitrogens is 1. The summed E-state index contributed by atoms with van der Waals surface area (Å²) in [5, 5.41) is 9.79. The highest BCUT2D eigenvalue weighted by Gasteiger charge is 2.13. The Morgan fingerprint density at radius 3 is 2.79 bits per heavy atom. The summed E-state index contributed by atoms with van der Waals surface area (Å²) in [6, 6.07) is 7.45. The first-order valence-corrected chi connectivity index (χ1v) is 7.66. The van der Waals surface area contributed by atoms with Gasteiger partial charge in [0.2, 0.25) is 0 Å². The SMILES string of the molecule is CC(C)c1cc(NC(=O)c2cc(Br)ccc2I)n[nH]1. The van der Waals surface area contributed by atoms with Crippen LogP contribution in [-0.2, 0) is 0 Å². The van der Waals surface area contributed by atoms with E-state index in [0.717, 1.165) is 13.7 Å². The van der Waals surface area contributed by atoms with Crippen molar-refractivity contribution >= 4 is 50.2 Å². The Bertz CT molecular complexity index is 610. The summed E-state index contributed by atoms with van der Waals surface area (Å²) in [5.41, 5.74) is 1.63. The van der Waals surface area contributed by atoms with Crippen molar-refractivity contribution in [3.63, 3.8) is 0 Å². The van der Waals surface area contributed by atoms with Crippen LogP contribution in [0.4, 0.5) is 5.82 Å². The molecular formula is C13H13BrIN3O.